The van der Waals surface area contributed by atoms with E-state index in [1.54, 1.807) is 0 Å². The molecule has 0 aromatic heterocycles. The summed E-state index contributed by atoms with van der Waals surface area (Å²) in [5.41, 5.74) is 5.18. The first-order chi connectivity index (χ1) is 19.2. The summed E-state index contributed by atoms with van der Waals surface area (Å²) in [7, 11) is 0. The van der Waals surface area contributed by atoms with Crippen LogP contribution in [0.4, 0.5) is 37.7 Å². The molecule has 0 aliphatic heterocycles. The van der Waals surface area contributed by atoms with Gasteiger partial charge in [0.15, 0.2) is 0 Å². The third kappa shape index (κ3) is 5.81. The highest BCUT2D eigenvalue weighted by molar-refractivity contribution is 5.92. The third-order valence-corrected chi connectivity index (χ3v) is 6.14. The van der Waals surface area contributed by atoms with Crippen molar-refractivity contribution in [2.75, 3.05) is 11.5 Å². The number of hydrogen-bond donors (Lipinski definition) is 2. The number of carbonyl (C=O) groups is 2. The molecule has 4 aromatic rings. The lowest BCUT2D eigenvalue weighted by Crippen LogP contribution is -2.54. The number of esters is 2. The van der Waals surface area contributed by atoms with Gasteiger partial charge in [0.25, 0.3) is 0 Å². The third-order valence-electron chi connectivity index (χ3n) is 6.14. The Labute approximate surface area is 229 Å². The van der Waals surface area contributed by atoms with Crippen LogP contribution in [-0.4, -0.2) is 24.3 Å². The quantitative estimate of drug-likeness (QED) is 0.115. The monoisotopic (exact) mass is 574 g/mol. The van der Waals surface area contributed by atoms with E-state index >= 15 is 0 Å². The van der Waals surface area contributed by atoms with Gasteiger partial charge in [-0.15, -0.1) is 0 Å². The van der Waals surface area contributed by atoms with Gasteiger partial charge in [0.2, 0.25) is 5.41 Å². The maximum atomic E-state index is 14.5. The number of nitrogen functional groups attached to an aromatic ring is 2. The van der Waals surface area contributed by atoms with Gasteiger partial charge >= 0.3 is 24.3 Å². The minimum atomic E-state index is -5.85. The number of ether oxygens (including phenoxy) is 2. The van der Waals surface area contributed by atoms with Crippen LogP contribution in [-0.2, 0) is 5.41 Å². The zero-order chi connectivity index (χ0) is 30.0. The van der Waals surface area contributed by atoms with Crippen LogP contribution in [0, 0.1) is 0 Å². The van der Waals surface area contributed by atoms with Crippen LogP contribution < -0.4 is 20.9 Å². The van der Waals surface area contributed by atoms with Crippen LogP contribution >= 0.6 is 0 Å². The first kappa shape index (κ1) is 29.0. The maximum absolute atomic E-state index is 14.5. The number of alkyl halides is 6. The first-order valence-electron chi connectivity index (χ1n) is 11.7. The molecule has 0 fully saturated rings. The molecule has 0 radical (unpaired) electrons. The van der Waals surface area contributed by atoms with Crippen LogP contribution in [0.3, 0.4) is 0 Å². The molecule has 4 rings (SSSR count). The van der Waals surface area contributed by atoms with Gasteiger partial charge in [0, 0.05) is 11.4 Å². The molecule has 0 atom stereocenters. The average Bonchev–Trinajstić information content (AvgIpc) is 2.90. The molecule has 6 nitrogen and oxygen atoms in total. The molecule has 0 unspecified atom stereocenters. The summed E-state index contributed by atoms with van der Waals surface area (Å²) in [5.74, 6) is -2.34. The molecule has 0 aliphatic rings. The van der Waals surface area contributed by atoms with Crippen molar-refractivity contribution in [1.29, 1.82) is 0 Å². The van der Waals surface area contributed by atoms with Crippen molar-refractivity contribution in [3.8, 4) is 11.5 Å². The largest absolute Gasteiger partial charge is 0.423 e. The maximum Gasteiger partial charge on any atom is 0.411 e. The topological polar surface area (TPSA) is 105 Å². The van der Waals surface area contributed by atoms with Crippen LogP contribution in [0.15, 0.2) is 97.1 Å². The Hall–Kier alpha value is -5.00. The van der Waals surface area contributed by atoms with Crippen molar-refractivity contribution in [1.82, 2.24) is 0 Å². The van der Waals surface area contributed by atoms with Crippen LogP contribution in [0.1, 0.15) is 31.8 Å². The van der Waals surface area contributed by atoms with Crippen LogP contribution in [0.5, 0.6) is 11.5 Å². The summed E-state index contributed by atoms with van der Waals surface area (Å²) in [6.07, 6.45) is -11.7. The highest BCUT2D eigenvalue weighted by Gasteiger charge is 2.72. The van der Waals surface area contributed by atoms with E-state index in [9.17, 15) is 35.9 Å². The molecule has 0 amide bonds. The fraction of sp³-hybridized carbons (Fsp3) is 0.103. The lowest BCUT2D eigenvalue weighted by molar-refractivity contribution is -0.288. The van der Waals surface area contributed by atoms with Gasteiger partial charge in [0.1, 0.15) is 11.5 Å². The normalized spacial score (nSPS) is 12.0. The Morgan fingerprint density at radius 1 is 0.488 bits per heavy atom. The summed E-state index contributed by atoms with van der Waals surface area (Å²) in [4.78, 5) is 24.6. The predicted octanol–water partition coefficient (Wildman–Crippen LogP) is 6.70. The Morgan fingerprint density at radius 3 is 1.05 bits per heavy atom. The molecule has 4 N–H and O–H groups in total. The fourth-order valence-electron chi connectivity index (χ4n) is 4.10. The van der Waals surface area contributed by atoms with E-state index in [0.29, 0.717) is 35.6 Å². The minimum absolute atomic E-state index is 0.0698. The van der Waals surface area contributed by atoms with E-state index in [1.807, 2.05) is 0 Å². The second-order valence-corrected chi connectivity index (χ2v) is 8.82. The summed E-state index contributed by atoms with van der Waals surface area (Å²) >= 11 is 0. The summed E-state index contributed by atoms with van der Waals surface area (Å²) in [5, 5.41) is 0. The number of halogens is 6. The summed E-state index contributed by atoms with van der Waals surface area (Å²) in [6, 6.07) is 16.8. The standard InChI is InChI=1S/C29H20F6N2O4/c30-28(31,32)27(29(33,34)35,19-5-13-23(14-6-19)40-25(38)17-1-9-21(36)10-2-17)20-7-15-24(16-8-20)41-26(39)18-3-11-22(37)12-4-18/h1-16H,36-37H2. The first-order valence-corrected chi connectivity index (χ1v) is 11.7. The van der Waals surface area contributed by atoms with Gasteiger partial charge in [-0.25, -0.2) is 9.59 Å². The van der Waals surface area contributed by atoms with E-state index in [2.05, 4.69) is 0 Å². The van der Waals surface area contributed by atoms with Gasteiger partial charge in [-0.2, -0.15) is 26.3 Å². The molecule has 12 heteroatoms. The molecule has 0 spiro atoms. The Bertz CT molecular complexity index is 1410. The van der Waals surface area contributed by atoms with Crippen molar-refractivity contribution < 1.29 is 45.4 Å². The zero-order valence-electron chi connectivity index (χ0n) is 20.8. The number of nitrogens with two attached hydrogens (primary N) is 2. The average molecular weight is 574 g/mol. The van der Waals surface area contributed by atoms with Crippen molar-refractivity contribution in [2.24, 2.45) is 0 Å². The van der Waals surface area contributed by atoms with E-state index in [0.717, 1.165) is 24.3 Å². The zero-order valence-corrected chi connectivity index (χ0v) is 20.8. The highest BCUT2D eigenvalue weighted by Crippen LogP contribution is 2.56. The number of rotatable bonds is 6. The smallest absolute Gasteiger partial charge is 0.411 e. The number of carbonyl (C=O) groups excluding carboxylic acids is 2. The van der Waals surface area contributed by atoms with Gasteiger partial charge < -0.3 is 20.9 Å². The van der Waals surface area contributed by atoms with Gasteiger partial charge in [-0.3, -0.25) is 0 Å². The van der Waals surface area contributed by atoms with E-state index in [1.165, 1.54) is 48.5 Å². The minimum Gasteiger partial charge on any atom is -0.423 e. The van der Waals surface area contributed by atoms with E-state index in [4.69, 9.17) is 20.9 Å². The van der Waals surface area contributed by atoms with Crippen molar-refractivity contribution in [2.45, 2.75) is 17.8 Å². The SMILES string of the molecule is Nc1ccc(C(=O)Oc2ccc(C(c3ccc(OC(=O)c4ccc(N)cc4)cc3)(C(F)(F)F)C(F)(F)F)cc2)cc1. The molecular weight excluding hydrogens is 554 g/mol. The Morgan fingerprint density at radius 2 is 0.780 bits per heavy atom. The second-order valence-electron chi connectivity index (χ2n) is 8.82. The van der Waals surface area contributed by atoms with Crippen molar-refractivity contribution in [3.05, 3.63) is 119 Å². The molecule has 41 heavy (non-hydrogen) atoms. The van der Waals surface area contributed by atoms with E-state index in [-0.39, 0.29) is 22.6 Å². The molecule has 4 aromatic carbocycles. The number of benzene rings is 4. The van der Waals surface area contributed by atoms with Crippen LogP contribution in [0.2, 0.25) is 0 Å². The van der Waals surface area contributed by atoms with Crippen molar-refractivity contribution in [3.63, 3.8) is 0 Å². The van der Waals surface area contributed by atoms with Crippen LogP contribution in [0.25, 0.3) is 0 Å². The highest BCUT2D eigenvalue weighted by atomic mass is 19.4. The molecule has 0 saturated heterocycles. The molecule has 212 valence electrons. The lowest BCUT2D eigenvalue weighted by atomic mass is 9.73. The summed E-state index contributed by atoms with van der Waals surface area (Å²) < 4.78 is 96.9. The van der Waals surface area contributed by atoms with Gasteiger partial charge in [-0.1, -0.05) is 24.3 Å². The molecule has 0 aliphatic carbocycles. The Balaban J connectivity index is 1.66. The molecule has 0 saturated carbocycles. The predicted molar refractivity (Wildman–Crippen MR) is 137 cm³/mol. The number of hydrogen-bond acceptors (Lipinski definition) is 6. The molecule has 0 heterocycles. The van der Waals surface area contributed by atoms with Gasteiger partial charge in [-0.05, 0) is 83.9 Å². The van der Waals surface area contributed by atoms with E-state index < -0.39 is 40.8 Å². The number of anilines is 2. The Kier molecular flexibility index (Phi) is 7.69. The molecular formula is C29H20F6N2O4. The fourth-order valence-corrected chi connectivity index (χ4v) is 4.10. The van der Waals surface area contributed by atoms with Crippen molar-refractivity contribution >= 4 is 23.3 Å². The summed E-state index contributed by atoms with van der Waals surface area (Å²) in [6.45, 7) is 0. The second kappa shape index (κ2) is 10.9. The molecule has 0 bridgehead atoms. The lowest BCUT2D eigenvalue weighted by Gasteiger charge is -2.38. The van der Waals surface area contributed by atoms with Gasteiger partial charge in [0.05, 0.1) is 11.1 Å².